The second-order valence-electron chi connectivity index (χ2n) is 8.52. The molecule has 1 amide bonds. The Kier molecular flexibility index (Phi) is 8.62. The van der Waals surface area contributed by atoms with Gasteiger partial charge in [0, 0.05) is 44.6 Å². The first kappa shape index (κ1) is 23.3. The zero-order valence-electron chi connectivity index (χ0n) is 17.6. The van der Waals surface area contributed by atoms with Crippen molar-refractivity contribution in [1.29, 1.82) is 0 Å². The Hall–Kier alpha value is -1.95. The number of halogens is 1. The minimum absolute atomic E-state index is 0. The van der Waals surface area contributed by atoms with E-state index in [-0.39, 0.29) is 29.8 Å². The molecular formula is C23H33ClN4O. The van der Waals surface area contributed by atoms with Gasteiger partial charge in [-0.1, -0.05) is 51.1 Å². The van der Waals surface area contributed by atoms with Gasteiger partial charge in [0.25, 0.3) is 0 Å². The molecular weight excluding hydrogens is 384 g/mol. The van der Waals surface area contributed by atoms with Crippen molar-refractivity contribution < 1.29 is 4.79 Å². The van der Waals surface area contributed by atoms with Crippen molar-refractivity contribution in [3.63, 3.8) is 0 Å². The van der Waals surface area contributed by atoms with Crippen molar-refractivity contribution >= 4 is 18.3 Å². The minimum atomic E-state index is 0. The summed E-state index contributed by atoms with van der Waals surface area (Å²) in [4.78, 5) is 18.9. The highest BCUT2D eigenvalue weighted by molar-refractivity contribution is 5.85. The van der Waals surface area contributed by atoms with Crippen LogP contribution in [-0.4, -0.2) is 48.5 Å². The molecule has 1 aromatic heterocycles. The summed E-state index contributed by atoms with van der Waals surface area (Å²) in [6.45, 7) is 10.4. The summed E-state index contributed by atoms with van der Waals surface area (Å²) in [7, 11) is 0. The summed E-state index contributed by atoms with van der Waals surface area (Å²) >= 11 is 0. The van der Waals surface area contributed by atoms with E-state index >= 15 is 0 Å². The van der Waals surface area contributed by atoms with E-state index in [1.54, 1.807) is 6.20 Å². The Balaban J connectivity index is 0.00000300. The Morgan fingerprint density at radius 1 is 1.24 bits per heavy atom. The van der Waals surface area contributed by atoms with Crippen LogP contribution < -0.4 is 10.6 Å². The van der Waals surface area contributed by atoms with Crippen LogP contribution in [0.3, 0.4) is 0 Å². The lowest BCUT2D eigenvalue weighted by atomic mass is 9.86. The molecule has 0 radical (unpaired) electrons. The maximum Gasteiger partial charge on any atom is 0.234 e. The first-order valence-electron chi connectivity index (χ1n) is 10.1. The first-order chi connectivity index (χ1) is 13.4. The summed E-state index contributed by atoms with van der Waals surface area (Å²) in [6, 6.07) is 12.9. The van der Waals surface area contributed by atoms with Gasteiger partial charge in [0.2, 0.25) is 5.91 Å². The number of rotatable bonds is 6. The zero-order valence-corrected chi connectivity index (χ0v) is 18.5. The van der Waals surface area contributed by atoms with E-state index < -0.39 is 0 Å². The maximum atomic E-state index is 12.5. The number of nitrogens with one attached hydrogen (secondary N) is 2. The topological polar surface area (TPSA) is 57.3 Å². The Labute approximate surface area is 180 Å². The van der Waals surface area contributed by atoms with Crippen LogP contribution in [0.2, 0.25) is 0 Å². The lowest BCUT2D eigenvalue weighted by Gasteiger charge is -2.35. The molecule has 0 saturated carbocycles. The highest BCUT2D eigenvalue weighted by Crippen LogP contribution is 2.22. The van der Waals surface area contributed by atoms with E-state index in [0.29, 0.717) is 13.1 Å². The van der Waals surface area contributed by atoms with Gasteiger partial charge < -0.3 is 10.6 Å². The second-order valence-corrected chi connectivity index (χ2v) is 8.52. The highest BCUT2D eigenvalue weighted by atomic mass is 35.5. The lowest BCUT2D eigenvalue weighted by molar-refractivity contribution is -0.123. The second kappa shape index (κ2) is 10.7. The monoisotopic (exact) mass is 416 g/mol. The molecule has 1 aliphatic rings. The predicted octanol–water partition coefficient (Wildman–Crippen LogP) is 3.11. The molecule has 3 rings (SSSR count). The number of nitrogens with zero attached hydrogens (tertiary/aromatic N) is 2. The predicted molar refractivity (Wildman–Crippen MR) is 121 cm³/mol. The SMILES string of the molecule is CC(C)(C)c1ccc(CCNC(=O)CN2CCNCC2c2cccnc2)cc1.Cl. The average molecular weight is 417 g/mol. The Morgan fingerprint density at radius 3 is 2.66 bits per heavy atom. The molecule has 5 nitrogen and oxygen atoms in total. The number of carbonyl (C=O) groups is 1. The fraction of sp³-hybridized carbons (Fsp3) is 0.478. The molecule has 1 unspecified atom stereocenters. The average Bonchev–Trinajstić information content (AvgIpc) is 2.69. The van der Waals surface area contributed by atoms with E-state index in [9.17, 15) is 4.79 Å². The third-order valence-corrected chi connectivity index (χ3v) is 5.33. The minimum Gasteiger partial charge on any atom is -0.355 e. The Bertz CT molecular complexity index is 759. The molecule has 0 spiro atoms. The number of pyridine rings is 1. The largest absolute Gasteiger partial charge is 0.355 e. The number of amides is 1. The van der Waals surface area contributed by atoms with Crippen LogP contribution in [0.4, 0.5) is 0 Å². The summed E-state index contributed by atoms with van der Waals surface area (Å²) in [5.74, 6) is 0.0853. The highest BCUT2D eigenvalue weighted by Gasteiger charge is 2.25. The fourth-order valence-electron chi connectivity index (χ4n) is 3.60. The standard InChI is InChI=1S/C23H32N4O.ClH/c1-23(2,3)20-8-6-18(7-9-20)10-12-26-22(28)17-27-14-13-25-16-21(27)19-5-4-11-24-15-19;/h4-9,11,15,21,25H,10,12-14,16-17H2,1-3H3,(H,26,28);1H. The maximum absolute atomic E-state index is 12.5. The van der Waals surface area contributed by atoms with Crippen LogP contribution in [0, 0.1) is 0 Å². The van der Waals surface area contributed by atoms with Gasteiger partial charge in [-0.15, -0.1) is 12.4 Å². The number of aromatic nitrogens is 1. The van der Waals surface area contributed by atoms with Gasteiger partial charge in [-0.3, -0.25) is 14.7 Å². The molecule has 2 heterocycles. The van der Waals surface area contributed by atoms with Crippen molar-refractivity contribution in [3.8, 4) is 0 Å². The summed E-state index contributed by atoms with van der Waals surface area (Å²) in [5, 5.41) is 6.49. The molecule has 158 valence electrons. The third-order valence-electron chi connectivity index (χ3n) is 5.33. The molecule has 6 heteroatoms. The molecule has 0 bridgehead atoms. The van der Waals surface area contributed by atoms with Gasteiger partial charge in [0.1, 0.15) is 0 Å². The molecule has 0 aliphatic carbocycles. The molecule has 2 aromatic rings. The van der Waals surface area contributed by atoms with E-state index in [1.165, 1.54) is 11.1 Å². The van der Waals surface area contributed by atoms with Crippen LogP contribution in [0.25, 0.3) is 0 Å². The number of piperazine rings is 1. The number of benzene rings is 1. The van der Waals surface area contributed by atoms with Gasteiger partial charge in [0.05, 0.1) is 6.54 Å². The number of carbonyl (C=O) groups excluding carboxylic acids is 1. The van der Waals surface area contributed by atoms with Crippen LogP contribution in [-0.2, 0) is 16.6 Å². The van der Waals surface area contributed by atoms with Crippen LogP contribution >= 0.6 is 12.4 Å². The van der Waals surface area contributed by atoms with E-state index in [4.69, 9.17) is 0 Å². The van der Waals surface area contributed by atoms with E-state index in [2.05, 4.69) is 71.6 Å². The molecule has 1 aromatic carbocycles. The van der Waals surface area contributed by atoms with E-state index in [0.717, 1.165) is 31.6 Å². The molecule has 2 N–H and O–H groups in total. The molecule has 1 atom stereocenters. The van der Waals surface area contributed by atoms with Gasteiger partial charge in [-0.05, 0) is 34.6 Å². The quantitative estimate of drug-likeness (QED) is 0.759. The number of hydrogen-bond donors (Lipinski definition) is 2. The number of hydrogen-bond acceptors (Lipinski definition) is 4. The van der Waals surface area contributed by atoms with Crippen LogP contribution in [0.15, 0.2) is 48.8 Å². The van der Waals surface area contributed by atoms with Crippen molar-refractivity contribution in [3.05, 3.63) is 65.5 Å². The molecule has 29 heavy (non-hydrogen) atoms. The lowest BCUT2D eigenvalue weighted by Crippen LogP contribution is -2.49. The summed E-state index contributed by atoms with van der Waals surface area (Å²) in [5.41, 5.74) is 3.91. The van der Waals surface area contributed by atoms with Crippen molar-refractivity contribution in [1.82, 2.24) is 20.5 Å². The van der Waals surface area contributed by atoms with Gasteiger partial charge in [-0.2, -0.15) is 0 Å². The van der Waals surface area contributed by atoms with E-state index in [1.807, 2.05) is 12.3 Å². The van der Waals surface area contributed by atoms with Gasteiger partial charge in [-0.25, -0.2) is 0 Å². The van der Waals surface area contributed by atoms with Crippen LogP contribution in [0.5, 0.6) is 0 Å². The third kappa shape index (κ3) is 6.81. The first-order valence-corrected chi connectivity index (χ1v) is 10.1. The zero-order chi connectivity index (χ0) is 20.0. The molecule has 1 saturated heterocycles. The van der Waals surface area contributed by atoms with Gasteiger partial charge >= 0.3 is 0 Å². The fourth-order valence-corrected chi connectivity index (χ4v) is 3.60. The normalized spacial score (nSPS) is 17.4. The summed E-state index contributed by atoms with van der Waals surface area (Å²) in [6.07, 6.45) is 4.53. The summed E-state index contributed by atoms with van der Waals surface area (Å²) < 4.78 is 0. The van der Waals surface area contributed by atoms with Crippen molar-refractivity contribution in [2.45, 2.75) is 38.6 Å². The Morgan fingerprint density at radius 2 is 2.00 bits per heavy atom. The van der Waals surface area contributed by atoms with Crippen molar-refractivity contribution in [2.24, 2.45) is 0 Å². The molecule has 1 aliphatic heterocycles. The van der Waals surface area contributed by atoms with Crippen molar-refractivity contribution in [2.75, 3.05) is 32.7 Å². The van der Waals surface area contributed by atoms with Gasteiger partial charge in [0.15, 0.2) is 0 Å². The smallest absolute Gasteiger partial charge is 0.234 e. The molecule has 1 fully saturated rings. The van der Waals surface area contributed by atoms with Crippen LogP contribution in [0.1, 0.15) is 43.5 Å².